The van der Waals surface area contributed by atoms with Gasteiger partial charge in [0, 0.05) is 25.2 Å². The lowest BCUT2D eigenvalue weighted by Gasteiger charge is -2.19. The van der Waals surface area contributed by atoms with Crippen LogP contribution in [0.25, 0.3) is 0 Å². The molecule has 0 unspecified atom stereocenters. The van der Waals surface area contributed by atoms with Gasteiger partial charge in [-0.15, -0.1) is 0 Å². The Labute approximate surface area is 168 Å². The van der Waals surface area contributed by atoms with E-state index in [0.29, 0.717) is 31.6 Å². The lowest BCUT2D eigenvalue weighted by molar-refractivity contribution is -0.116. The lowest BCUT2D eigenvalue weighted by atomic mass is 10.1. The summed E-state index contributed by atoms with van der Waals surface area (Å²) < 4.78 is 26.8. The molecule has 0 radical (unpaired) electrons. The van der Waals surface area contributed by atoms with E-state index in [4.69, 9.17) is 0 Å². The zero-order chi connectivity index (χ0) is 20.7. The highest BCUT2D eigenvalue weighted by Gasteiger charge is 2.22. The predicted octanol–water partition coefficient (Wildman–Crippen LogP) is 4.16. The van der Waals surface area contributed by atoms with E-state index in [9.17, 15) is 13.2 Å². The normalized spacial score (nSPS) is 11.6. The van der Waals surface area contributed by atoms with Crippen LogP contribution in [0.5, 0.6) is 0 Å². The van der Waals surface area contributed by atoms with Crippen LogP contribution in [0.2, 0.25) is 0 Å². The fraction of sp³-hybridized carbons (Fsp3) is 0.409. The van der Waals surface area contributed by atoms with Gasteiger partial charge in [0.2, 0.25) is 15.9 Å². The average Bonchev–Trinajstić information content (AvgIpc) is 2.69. The summed E-state index contributed by atoms with van der Waals surface area (Å²) in [6.07, 6.45) is 1.98. The molecule has 0 saturated heterocycles. The van der Waals surface area contributed by atoms with Crippen molar-refractivity contribution in [1.82, 2.24) is 4.31 Å². The molecule has 0 atom stereocenters. The SMILES string of the molecule is CCc1ccc(CCC(=O)Nc2cc(S(=O)(=O)N(CC)CC)ccc2C)cc1. The van der Waals surface area contributed by atoms with Gasteiger partial charge in [0.1, 0.15) is 0 Å². The van der Waals surface area contributed by atoms with E-state index in [0.717, 1.165) is 17.5 Å². The molecule has 0 heterocycles. The molecule has 0 fully saturated rings. The molecule has 5 nitrogen and oxygen atoms in total. The third-order valence-electron chi connectivity index (χ3n) is 4.90. The largest absolute Gasteiger partial charge is 0.326 e. The molecule has 1 N–H and O–H groups in total. The molecular weight excluding hydrogens is 372 g/mol. The van der Waals surface area contributed by atoms with Gasteiger partial charge < -0.3 is 5.32 Å². The smallest absolute Gasteiger partial charge is 0.243 e. The second-order valence-electron chi connectivity index (χ2n) is 6.78. The number of nitrogens with one attached hydrogen (secondary N) is 1. The van der Waals surface area contributed by atoms with Crippen LogP contribution >= 0.6 is 0 Å². The van der Waals surface area contributed by atoms with E-state index in [2.05, 4.69) is 36.5 Å². The Morgan fingerprint density at radius 2 is 1.57 bits per heavy atom. The van der Waals surface area contributed by atoms with Crippen molar-refractivity contribution in [2.45, 2.75) is 51.9 Å². The van der Waals surface area contributed by atoms with E-state index < -0.39 is 10.0 Å². The van der Waals surface area contributed by atoms with Gasteiger partial charge in [-0.25, -0.2) is 8.42 Å². The minimum Gasteiger partial charge on any atom is -0.326 e. The number of benzene rings is 2. The minimum atomic E-state index is -3.56. The average molecular weight is 403 g/mol. The molecule has 0 saturated carbocycles. The summed E-state index contributed by atoms with van der Waals surface area (Å²) in [7, 11) is -3.56. The molecule has 0 aliphatic carbocycles. The summed E-state index contributed by atoms with van der Waals surface area (Å²) in [5, 5.41) is 2.87. The first-order chi connectivity index (χ1) is 13.3. The molecule has 152 valence electrons. The quantitative estimate of drug-likeness (QED) is 0.685. The number of carbonyl (C=O) groups is 1. The third-order valence-corrected chi connectivity index (χ3v) is 6.94. The van der Waals surface area contributed by atoms with Gasteiger partial charge in [0.25, 0.3) is 0 Å². The van der Waals surface area contributed by atoms with Crippen LogP contribution < -0.4 is 5.32 Å². The van der Waals surface area contributed by atoms with E-state index >= 15 is 0 Å². The number of rotatable bonds is 9. The zero-order valence-corrected chi connectivity index (χ0v) is 18.0. The Hall–Kier alpha value is -2.18. The third kappa shape index (κ3) is 5.42. The van der Waals surface area contributed by atoms with Crippen LogP contribution in [-0.2, 0) is 27.7 Å². The van der Waals surface area contributed by atoms with Crippen LogP contribution in [0.4, 0.5) is 5.69 Å². The maximum absolute atomic E-state index is 12.7. The van der Waals surface area contributed by atoms with Crippen molar-refractivity contribution in [2.75, 3.05) is 18.4 Å². The number of amides is 1. The number of aryl methyl sites for hydroxylation is 3. The molecule has 2 aromatic rings. The van der Waals surface area contributed by atoms with Gasteiger partial charge in [0.05, 0.1) is 4.90 Å². The number of nitrogens with zero attached hydrogens (tertiary/aromatic N) is 1. The molecule has 6 heteroatoms. The Bertz CT molecular complexity index is 902. The van der Waals surface area contributed by atoms with Crippen molar-refractivity contribution < 1.29 is 13.2 Å². The summed E-state index contributed by atoms with van der Waals surface area (Å²) in [5.41, 5.74) is 3.76. The zero-order valence-electron chi connectivity index (χ0n) is 17.2. The number of sulfonamides is 1. The number of carbonyl (C=O) groups excluding carboxylic acids is 1. The van der Waals surface area contributed by atoms with Gasteiger partial charge in [-0.1, -0.05) is 51.1 Å². The van der Waals surface area contributed by atoms with Gasteiger partial charge in [-0.2, -0.15) is 4.31 Å². The van der Waals surface area contributed by atoms with Gasteiger partial charge >= 0.3 is 0 Å². The molecule has 0 aliphatic heterocycles. The number of anilines is 1. The highest BCUT2D eigenvalue weighted by Crippen LogP contribution is 2.23. The summed E-state index contributed by atoms with van der Waals surface area (Å²) in [4.78, 5) is 12.6. The molecule has 1 amide bonds. The van der Waals surface area contributed by atoms with Crippen molar-refractivity contribution in [3.63, 3.8) is 0 Å². The minimum absolute atomic E-state index is 0.125. The summed E-state index contributed by atoms with van der Waals surface area (Å²) in [5.74, 6) is -0.125. The van der Waals surface area contributed by atoms with Crippen molar-refractivity contribution in [3.05, 3.63) is 59.2 Å². The molecule has 0 aliphatic rings. The van der Waals surface area contributed by atoms with Crippen LogP contribution in [0.1, 0.15) is 43.9 Å². The van der Waals surface area contributed by atoms with Gasteiger partial charge in [-0.05, 0) is 48.6 Å². The summed E-state index contributed by atoms with van der Waals surface area (Å²) in [6.45, 7) is 8.40. The van der Waals surface area contributed by atoms with Crippen molar-refractivity contribution >= 4 is 21.6 Å². The van der Waals surface area contributed by atoms with Crippen LogP contribution in [0.3, 0.4) is 0 Å². The Morgan fingerprint density at radius 1 is 0.964 bits per heavy atom. The first kappa shape index (κ1) is 22.1. The fourth-order valence-corrected chi connectivity index (χ4v) is 4.51. The summed E-state index contributed by atoms with van der Waals surface area (Å²) in [6, 6.07) is 13.1. The highest BCUT2D eigenvalue weighted by molar-refractivity contribution is 7.89. The van der Waals surface area contributed by atoms with E-state index in [1.54, 1.807) is 18.2 Å². The number of hydrogen-bond donors (Lipinski definition) is 1. The predicted molar refractivity (Wildman–Crippen MR) is 114 cm³/mol. The van der Waals surface area contributed by atoms with Crippen LogP contribution in [-0.4, -0.2) is 31.7 Å². The Morgan fingerprint density at radius 3 is 2.14 bits per heavy atom. The monoisotopic (exact) mass is 402 g/mol. The van der Waals surface area contributed by atoms with E-state index in [-0.39, 0.29) is 10.8 Å². The second-order valence-corrected chi connectivity index (χ2v) is 8.72. The number of hydrogen-bond acceptors (Lipinski definition) is 3. The highest BCUT2D eigenvalue weighted by atomic mass is 32.2. The topological polar surface area (TPSA) is 66.5 Å². The van der Waals surface area contributed by atoms with Crippen molar-refractivity contribution in [2.24, 2.45) is 0 Å². The maximum Gasteiger partial charge on any atom is 0.243 e. The van der Waals surface area contributed by atoms with Gasteiger partial charge in [-0.3, -0.25) is 4.79 Å². The summed E-state index contributed by atoms with van der Waals surface area (Å²) >= 11 is 0. The Balaban J connectivity index is 2.09. The molecule has 0 aromatic heterocycles. The first-order valence-electron chi connectivity index (χ1n) is 9.80. The lowest BCUT2D eigenvalue weighted by Crippen LogP contribution is -2.30. The fourth-order valence-electron chi connectivity index (χ4n) is 3.02. The molecule has 0 spiro atoms. The van der Waals surface area contributed by atoms with E-state index in [1.165, 1.54) is 9.87 Å². The maximum atomic E-state index is 12.7. The molecule has 28 heavy (non-hydrogen) atoms. The standard InChI is InChI=1S/C22H30N2O3S/c1-5-18-9-11-19(12-10-18)13-15-22(25)23-21-16-20(14-8-17(21)4)28(26,27)24(6-2)7-3/h8-12,14,16H,5-7,13,15H2,1-4H3,(H,23,25). The van der Waals surface area contributed by atoms with Crippen molar-refractivity contribution in [1.29, 1.82) is 0 Å². The molecule has 2 aromatic carbocycles. The van der Waals surface area contributed by atoms with Crippen molar-refractivity contribution in [3.8, 4) is 0 Å². The van der Waals surface area contributed by atoms with E-state index in [1.807, 2.05) is 20.8 Å². The Kier molecular flexibility index (Phi) is 7.78. The first-order valence-corrected chi connectivity index (χ1v) is 11.2. The van der Waals surface area contributed by atoms with Gasteiger partial charge in [0.15, 0.2) is 0 Å². The second kappa shape index (κ2) is 9.85. The molecular formula is C22H30N2O3S. The van der Waals surface area contributed by atoms with Crippen LogP contribution in [0.15, 0.2) is 47.4 Å². The molecule has 0 bridgehead atoms. The van der Waals surface area contributed by atoms with Crippen LogP contribution in [0, 0.1) is 6.92 Å². The molecule has 2 rings (SSSR count).